The number of fused-ring (bicyclic) bond motifs is 3. The molecule has 0 spiro atoms. The molecule has 36 heavy (non-hydrogen) atoms. The van der Waals surface area contributed by atoms with Crippen molar-refractivity contribution in [1.82, 2.24) is 0 Å². The van der Waals surface area contributed by atoms with Crippen LogP contribution in [0.25, 0.3) is 10.4 Å². The molecule has 0 radical (unpaired) electrons. The highest BCUT2D eigenvalue weighted by molar-refractivity contribution is 7.17. The molecule has 6 heteroatoms. The zero-order chi connectivity index (χ0) is 25.1. The number of ketones is 1. The molecule has 5 rings (SSSR count). The van der Waals surface area contributed by atoms with Gasteiger partial charge in [-0.1, -0.05) is 54.6 Å². The minimum absolute atomic E-state index is 0.0783. The number of halogens is 1. The van der Waals surface area contributed by atoms with E-state index in [0.717, 1.165) is 16.0 Å². The predicted octanol–water partition coefficient (Wildman–Crippen LogP) is 6.69. The number of rotatable bonds is 3. The van der Waals surface area contributed by atoms with E-state index in [1.165, 1.54) is 23.5 Å². The summed E-state index contributed by atoms with van der Waals surface area (Å²) in [6.45, 7) is 0.361. The molecule has 4 nitrogen and oxygen atoms in total. The lowest BCUT2D eigenvalue weighted by Gasteiger charge is -2.23. The molecule has 3 aromatic carbocycles. The van der Waals surface area contributed by atoms with Crippen LogP contribution in [0.3, 0.4) is 0 Å². The molecule has 0 saturated heterocycles. The van der Waals surface area contributed by atoms with Gasteiger partial charge in [0.15, 0.2) is 0 Å². The van der Waals surface area contributed by atoms with Crippen molar-refractivity contribution in [2.24, 2.45) is 0 Å². The molecule has 2 N–H and O–H groups in total. The highest BCUT2D eigenvalue weighted by Crippen LogP contribution is 2.42. The minimum atomic E-state index is -0.425. The normalized spacial score (nSPS) is 12.1. The molecule has 1 amide bonds. The summed E-state index contributed by atoms with van der Waals surface area (Å²) in [7, 11) is 0. The molecule has 2 heterocycles. The van der Waals surface area contributed by atoms with Gasteiger partial charge in [0.2, 0.25) is 5.78 Å². The van der Waals surface area contributed by atoms with E-state index in [1.54, 1.807) is 47.4 Å². The number of thiophene rings is 1. The van der Waals surface area contributed by atoms with Crippen LogP contribution in [0.4, 0.5) is 15.8 Å². The van der Waals surface area contributed by atoms with Crippen LogP contribution in [0.1, 0.15) is 31.2 Å². The van der Waals surface area contributed by atoms with Gasteiger partial charge >= 0.3 is 0 Å². The first kappa shape index (κ1) is 23.5. The van der Waals surface area contributed by atoms with Crippen LogP contribution in [0, 0.1) is 5.82 Å². The molecule has 0 atom stereocenters. The van der Waals surface area contributed by atoms with Crippen LogP contribution < -0.4 is 10.6 Å². The average Bonchev–Trinajstić information content (AvgIpc) is 3.25. The first-order valence-electron chi connectivity index (χ1n) is 11.5. The van der Waals surface area contributed by atoms with Crippen molar-refractivity contribution >= 4 is 34.4 Å². The van der Waals surface area contributed by atoms with E-state index in [9.17, 15) is 14.0 Å². The SMILES string of the molecule is Nc1ccc(C(=O)N2CCc3cc(C(=O)c4ccccccccc4)sc3-c3ccc(F)cc32)cc1. The predicted molar refractivity (Wildman–Crippen MR) is 143 cm³/mol. The second-order valence-electron chi connectivity index (χ2n) is 8.42. The number of anilines is 2. The van der Waals surface area contributed by atoms with Gasteiger partial charge in [-0.3, -0.25) is 9.59 Å². The van der Waals surface area contributed by atoms with Gasteiger partial charge in [0.1, 0.15) is 5.82 Å². The Kier molecular flexibility index (Phi) is 6.60. The van der Waals surface area contributed by atoms with E-state index in [4.69, 9.17) is 5.73 Å². The van der Waals surface area contributed by atoms with E-state index in [0.29, 0.717) is 40.3 Å². The molecule has 0 bridgehead atoms. The second kappa shape index (κ2) is 10.1. The smallest absolute Gasteiger partial charge is 0.258 e. The Morgan fingerprint density at radius 2 is 1.47 bits per heavy atom. The Labute approximate surface area is 212 Å². The van der Waals surface area contributed by atoms with Crippen LogP contribution in [-0.2, 0) is 6.42 Å². The summed E-state index contributed by atoms with van der Waals surface area (Å²) in [6, 6.07) is 29.8. The Morgan fingerprint density at radius 3 is 2.17 bits per heavy atom. The number of amides is 1. The molecule has 1 aliphatic heterocycles. The Balaban J connectivity index is 1.55. The Hall–Kier alpha value is -4.29. The fraction of sp³-hybridized carbons (Fsp3) is 0.0667. The molecule has 0 fully saturated rings. The number of carbonyl (C=O) groups excluding carboxylic acids is 2. The number of nitrogen functional groups attached to an aromatic ring is 1. The van der Waals surface area contributed by atoms with E-state index >= 15 is 0 Å². The van der Waals surface area contributed by atoms with E-state index in [-0.39, 0.29) is 11.7 Å². The van der Waals surface area contributed by atoms with E-state index in [1.807, 2.05) is 48.5 Å². The molecule has 4 aromatic rings. The number of hydrogen-bond acceptors (Lipinski definition) is 4. The van der Waals surface area contributed by atoms with Crippen LogP contribution >= 0.6 is 11.3 Å². The van der Waals surface area contributed by atoms with Crippen molar-refractivity contribution in [3.8, 4) is 10.4 Å². The first-order chi connectivity index (χ1) is 17.5. The van der Waals surface area contributed by atoms with Crippen LogP contribution in [0.15, 0.2) is 103 Å². The van der Waals surface area contributed by atoms with Gasteiger partial charge in [-0.2, -0.15) is 0 Å². The number of hydrogen-bond donors (Lipinski definition) is 1. The van der Waals surface area contributed by atoms with Gasteiger partial charge in [-0.05, 0) is 60.5 Å². The number of nitrogens with zero attached hydrogens (tertiary/aromatic N) is 1. The largest absolute Gasteiger partial charge is 0.399 e. The highest BCUT2D eigenvalue weighted by Gasteiger charge is 2.28. The van der Waals surface area contributed by atoms with Crippen molar-refractivity contribution < 1.29 is 14.0 Å². The number of nitrogens with two attached hydrogens (primary N) is 1. The topological polar surface area (TPSA) is 63.4 Å². The van der Waals surface area contributed by atoms with Gasteiger partial charge in [0, 0.05) is 33.8 Å². The standard InChI is InChI=1S/C30H23FN2O2S/c31-23-12-15-25-26(19-23)33(30(35)21-10-13-24(32)14-11-21)17-16-22-18-27(36-29(22)25)28(34)20-8-6-4-2-1-3-5-7-9-20/h1-15,18-19H,16-17,32H2. The molecular weight excluding hydrogens is 471 g/mol. The van der Waals surface area contributed by atoms with E-state index < -0.39 is 5.82 Å². The zero-order valence-corrected chi connectivity index (χ0v) is 20.2. The molecule has 1 aromatic heterocycles. The summed E-state index contributed by atoms with van der Waals surface area (Å²) < 4.78 is 14.4. The van der Waals surface area contributed by atoms with Crippen molar-refractivity contribution in [2.75, 3.05) is 17.2 Å². The van der Waals surface area contributed by atoms with Gasteiger partial charge in [-0.25, -0.2) is 4.39 Å². The van der Waals surface area contributed by atoms with Gasteiger partial charge in [0.05, 0.1) is 10.6 Å². The molecule has 0 aliphatic carbocycles. The summed E-state index contributed by atoms with van der Waals surface area (Å²) in [6.07, 6.45) is 0.540. The third-order valence-corrected chi connectivity index (χ3v) is 7.23. The lowest BCUT2D eigenvalue weighted by molar-refractivity contribution is 0.0986. The molecular formula is C30H23FN2O2S. The van der Waals surface area contributed by atoms with Crippen LogP contribution in [-0.4, -0.2) is 18.2 Å². The third-order valence-electron chi connectivity index (χ3n) is 6.02. The minimum Gasteiger partial charge on any atom is -0.399 e. The quantitative estimate of drug-likeness (QED) is 0.255. The number of benzene rings is 2. The fourth-order valence-corrected chi connectivity index (χ4v) is 5.41. The molecule has 1 aliphatic rings. The van der Waals surface area contributed by atoms with Crippen molar-refractivity contribution in [3.05, 3.63) is 131 Å². The second-order valence-corrected chi connectivity index (χ2v) is 9.47. The van der Waals surface area contributed by atoms with Crippen LogP contribution in [0.5, 0.6) is 0 Å². The molecule has 0 unspecified atom stereocenters. The summed E-state index contributed by atoms with van der Waals surface area (Å²) in [4.78, 5) is 29.9. The first-order valence-corrected chi connectivity index (χ1v) is 12.4. The maximum Gasteiger partial charge on any atom is 0.258 e. The maximum absolute atomic E-state index is 14.4. The molecule has 0 saturated carbocycles. The van der Waals surface area contributed by atoms with E-state index in [2.05, 4.69) is 0 Å². The van der Waals surface area contributed by atoms with Crippen molar-refractivity contribution in [1.29, 1.82) is 0 Å². The summed E-state index contributed by atoms with van der Waals surface area (Å²) in [5, 5.41) is 0. The lowest BCUT2D eigenvalue weighted by atomic mass is 10.1. The highest BCUT2D eigenvalue weighted by atomic mass is 32.1. The van der Waals surface area contributed by atoms with Gasteiger partial charge in [-0.15, -0.1) is 11.3 Å². The molecule has 178 valence electrons. The maximum atomic E-state index is 14.4. The Morgan fingerprint density at radius 1 is 0.806 bits per heavy atom. The summed E-state index contributed by atoms with van der Waals surface area (Å²) in [5.41, 5.74) is 9.59. The van der Waals surface area contributed by atoms with Crippen LogP contribution in [0.2, 0.25) is 0 Å². The average molecular weight is 495 g/mol. The third kappa shape index (κ3) is 4.76. The summed E-state index contributed by atoms with van der Waals surface area (Å²) >= 11 is 1.37. The fourth-order valence-electron chi connectivity index (χ4n) is 4.21. The lowest BCUT2D eigenvalue weighted by Crippen LogP contribution is -2.32. The van der Waals surface area contributed by atoms with Gasteiger partial charge in [0.25, 0.3) is 5.91 Å². The zero-order valence-electron chi connectivity index (χ0n) is 19.4. The number of carbonyl (C=O) groups is 2. The van der Waals surface area contributed by atoms with Crippen molar-refractivity contribution in [3.63, 3.8) is 0 Å². The van der Waals surface area contributed by atoms with Gasteiger partial charge < -0.3 is 10.6 Å². The summed E-state index contributed by atoms with van der Waals surface area (Å²) in [5.74, 6) is -0.727. The van der Waals surface area contributed by atoms with Crippen molar-refractivity contribution in [2.45, 2.75) is 6.42 Å². The Bertz CT molecular complexity index is 1480. The monoisotopic (exact) mass is 494 g/mol.